The number of primary amides is 2. The lowest BCUT2D eigenvalue weighted by Crippen LogP contribution is -2.60. The molecule has 0 aromatic heterocycles. The van der Waals surface area contributed by atoms with Gasteiger partial charge in [-0.1, -0.05) is 59.8 Å². The van der Waals surface area contributed by atoms with Gasteiger partial charge in [-0.15, -0.1) is 0 Å². The third-order valence-electron chi connectivity index (χ3n) is 7.28. The van der Waals surface area contributed by atoms with Crippen molar-refractivity contribution in [3.8, 4) is 0 Å². The molecule has 0 saturated heterocycles. The lowest BCUT2D eigenvalue weighted by molar-refractivity contribution is -0.134. The lowest BCUT2D eigenvalue weighted by Gasteiger charge is -2.30. The van der Waals surface area contributed by atoms with Gasteiger partial charge in [0.25, 0.3) is 0 Å². The Hall–Kier alpha value is -3.26. The molecular formula is C29H55N7O7. The molecule has 7 atom stereocenters. The summed E-state index contributed by atoms with van der Waals surface area (Å²) in [5, 5.41) is 24.0. The first kappa shape index (κ1) is 39.7. The van der Waals surface area contributed by atoms with E-state index in [2.05, 4.69) is 26.6 Å². The number of aliphatic hydroxyl groups excluding tert-OH is 1. The van der Waals surface area contributed by atoms with Crippen LogP contribution in [0.2, 0.25) is 0 Å². The fourth-order valence-electron chi connectivity index (χ4n) is 4.40. The molecule has 0 radical (unpaired) electrons. The van der Waals surface area contributed by atoms with Gasteiger partial charge in [-0.05, 0) is 32.1 Å². The summed E-state index contributed by atoms with van der Waals surface area (Å²) in [4.78, 5) is 74.2. The summed E-state index contributed by atoms with van der Waals surface area (Å²) in [6.45, 7) is 10.5. The van der Waals surface area contributed by atoms with Gasteiger partial charge in [0, 0.05) is 25.9 Å². The molecule has 0 aliphatic carbocycles. The highest BCUT2D eigenvalue weighted by Gasteiger charge is 2.33. The highest BCUT2D eigenvalue weighted by molar-refractivity contribution is 5.92. The molecule has 14 nitrogen and oxygen atoms in total. The van der Waals surface area contributed by atoms with Crippen molar-refractivity contribution in [2.45, 2.75) is 136 Å². The summed E-state index contributed by atoms with van der Waals surface area (Å²) < 4.78 is 0. The molecule has 0 aliphatic rings. The maximum Gasteiger partial charge on any atom is 0.245 e. The van der Waals surface area contributed by atoms with Crippen molar-refractivity contribution in [2.24, 2.45) is 17.4 Å². The van der Waals surface area contributed by atoms with Crippen molar-refractivity contribution in [3.05, 3.63) is 0 Å². The summed E-state index contributed by atoms with van der Waals surface area (Å²) >= 11 is 0. The minimum Gasteiger partial charge on any atom is -0.391 e. The van der Waals surface area contributed by atoms with Gasteiger partial charge in [-0.25, -0.2) is 0 Å². The van der Waals surface area contributed by atoms with E-state index < -0.39 is 71.8 Å². The number of hydrogen-bond donors (Lipinski definition) is 8. The SMILES string of the molecule is CCCC[C@@H](CN[C@@H](CCCC)C(=O)N[C@@H](CCC(N)=O)C(N)=O)NC(=O)[C@@H](NC(=O)[C@@H](NC(C)=O)[C@@H](C)O)[C@@H](C)CC. The van der Waals surface area contributed by atoms with E-state index in [-0.39, 0.29) is 25.3 Å². The fraction of sp³-hybridized carbons (Fsp3) is 0.793. The van der Waals surface area contributed by atoms with E-state index in [0.29, 0.717) is 19.3 Å². The molecule has 14 heteroatoms. The molecule has 0 unspecified atom stereocenters. The summed E-state index contributed by atoms with van der Waals surface area (Å²) in [5.74, 6) is -3.68. The molecule has 0 aromatic carbocycles. The van der Waals surface area contributed by atoms with Gasteiger partial charge in [0.2, 0.25) is 35.4 Å². The Kier molecular flexibility index (Phi) is 19.8. The first-order valence-electron chi connectivity index (χ1n) is 15.3. The molecule has 0 aliphatic heterocycles. The number of nitrogens with two attached hydrogens (primary N) is 2. The second-order valence-electron chi connectivity index (χ2n) is 11.2. The Bertz CT molecular complexity index is 916. The van der Waals surface area contributed by atoms with Crippen LogP contribution in [-0.2, 0) is 28.8 Å². The van der Waals surface area contributed by atoms with E-state index >= 15 is 0 Å². The van der Waals surface area contributed by atoms with Crippen LogP contribution in [0.25, 0.3) is 0 Å². The molecule has 0 heterocycles. The number of nitrogens with one attached hydrogen (secondary N) is 5. The summed E-state index contributed by atoms with van der Waals surface area (Å²) in [5.41, 5.74) is 10.6. The van der Waals surface area contributed by atoms with Gasteiger partial charge in [0.05, 0.1) is 12.1 Å². The molecule has 0 aromatic rings. The van der Waals surface area contributed by atoms with Crippen molar-refractivity contribution in [1.29, 1.82) is 0 Å². The van der Waals surface area contributed by atoms with Gasteiger partial charge >= 0.3 is 0 Å². The quantitative estimate of drug-likeness (QED) is 0.0743. The maximum absolute atomic E-state index is 13.5. The van der Waals surface area contributed by atoms with Crippen LogP contribution in [0.15, 0.2) is 0 Å². The van der Waals surface area contributed by atoms with Crippen molar-refractivity contribution in [1.82, 2.24) is 26.6 Å². The molecule has 0 rings (SSSR count). The molecule has 0 saturated carbocycles. The fourth-order valence-corrected chi connectivity index (χ4v) is 4.40. The van der Waals surface area contributed by atoms with E-state index in [1.54, 1.807) is 0 Å². The van der Waals surface area contributed by atoms with Crippen LogP contribution in [0, 0.1) is 5.92 Å². The molecule has 6 amide bonds. The molecule has 43 heavy (non-hydrogen) atoms. The molecule has 248 valence electrons. The van der Waals surface area contributed by atoms with Gasteiger partial charge in [0.15, 0.2) is 0 Å². The Morgan fingerprint density at radius 3 is 1.79 bits per heavy atom. The van der Waals surface area contributed by atoms with Crippen LogP contribution in [0.3, 0.4) is 0 Å². The Morgan fingerprint density at radius 1 is 0.721 bits per heavy atom. The first-order valence-corrected chi connectivity index (χ1v) is 15.3. The molecular weight excluding hydrogens is 558 g/mol. The molecule has 0 spiro atoms. The van der Waals surface area contributed by atoms with Crippen molar-refractivity contribution in [2.75, 3.05) is 6.54 Å². The predicted octanol–water partition coefficient (Wildman–Crippen LogP) is -0.538. The largest absolute Gasteiger partial charge is 0.391 e. The summed E-state index contributed by atoms with van der Waals surface area (Å²) in [7, 11) is 0. The first-order chi connectivity index (χ1) is 20.2. The van der Waals surface area contributed by atoms with Crippen LogP contribution in [0.4, 0.5) is 0 Å². The molecule has 0 fully saturated rings. The van der Waals surface area contributed by atoms with Crippen molar-refractivity contribution >= 4 is 35.4 Å². The monoisotopic (exact) mass is 613 g/mol. The van der Waals surface area contributed by atoms with Crippen LogP contribution < -0.4 is 38.1 Å². The number of carbonyl (C=O) groups is 6. The minimum atomic E-state index is -1.22. The average Bonchev–Trinajstić information content (AvgIpc) is 2.93. The van der Waals surface area contributed by atoms with Gasteiger partial charge in [-0.2, -0.15) is 0 Å². The average molecular weight is 614 g/mol. The standard InChI is InChI=1S/C29H55N7O7/c1-7-10-12-20(16-32-22(13-11-8-2)27(41)35-21(26(31)40)14-15-23(30)39)34-28(42)24(17(4)9-3)36-29(43)25(18(5)37)33-19(6)38/h17-18,20-22,24-25,32,37H,7-16H2,1-6H3,(H2,30,39)(H2,31,40)(H,33,38)(H,34,42)(H,35,41)(H,36,43)/t17-,18+,20-,21-,22-,24-,25-/m0/s1. The van der Waals surface area contributed by atoms with Crippen LogP contribution >= 0.6 is 0 Å². The van der Waals surface area contributed by atoms with E-state index in [1.807, 2.05) is 27.7 Å². The van der Waals surface area contributed by atoms with E-state index in [1.165, 1.54) is 13.8 Å². The Balaban J connectivity index is 5.75. The van der Waals surface area contributed by atoms with E-state index in [9.17, 15) is 33.9 Å². The lowest BCUT2D eigenvalue weighted by atomic mass is 9.96. The highest BCUT2D eigenvalue weighted by Crippen LogP contribution is 2.11. The van der Waals surface area contributed by atoms with Crippen LogP contribution in [0.5, 0.6) is 0 Å². The number of amides is 6. The smallest absolute Gasteiger partial charge is 0.245 e. The topological polar surface area (TPSA) is 235 Å². The Morgan fingerprint density at radius 2 is 1.30 bits per heavy atom. The summed E-state index contributed by atoms with van der Waals surface area (Å²) in [6, 6.07) is -4.29. The maximum atomic E-state index is 13.5. The zero-order valence-electron chi connectivity index (χ0n) is 26.7. The number of aliphatic hydroxyl groups is 1. The summed E-state index contributed by atoms with van der Waals surface area (Å²) in [6.07, 6.45) is 3.55. The zero-order valence-corrected chi connectivity index (χ0v) is 26.7. The van der Waals surface area contributed by atoms with Gasteiger partial charge in [0.1, 0.15) is 18.1 Å². The number of unbranched alkanes of at least 4 members (excludes halogenated alkanes) is 2. The zero-order chi connectivity index (χ0) is 33.1. The molecule has 10 N–H and O–H groups in total. The van der Waals surface area contributed by atoms with Gasteiger partial charge < -0.3 is 43.2 Å². The van der Waals surface area contributed by atoms with Crippen LogP contribution in [-0.4, -0.2) is 83.4 Å². The van der Waals surface area contributed by atoms with Crippen molar-refractivity contribution in [3.63, 3.8) is 0 Å². The number of rotatable bonds is 23. The van der Waals surface area contributed by atoms with E-state index in [0.717, 1.165) is 25.7 Å². The third kappa shape index (κ3) is 16.2. The molecule has 0 bridgehead atoms. The normalized spacial score (nSPS) is 16.0. The number of hydrogen-bond acceptors (Lipinski definition) is 8. The number of carbonyl (C=O) groups excluding carboxylic acids is 6. The highest BCUT2D eigenvalue weighted by atomic mass is 16.3. The predicted molar refractivity (Wildman–Crippen MR) is 163 cm³/mol. The van der Waals surface area contributed by atoms with E-state index in [4.69, 9.17) is 11.5 Å². The third-order valence-corrected chi connectivity index (χ3v) is 7.28. The van der Waals surface area contributed by atoms with Crippen molar-refractivity contribution < 1.29 is 33.9 Å². The Labute approximate surface area is 255 Å². The van der Waals surface area contributed by atoms with Crippen LogP contribution in [0.1, 0.15) is 99.3 Å². The second-order valence-corrected chi connectivity index (χ2v) is 11.2. The van der Waals surface area contributed by atoms with Gasteiger partial charge in [-0.3, -0.25) is 28.8 Å². The second kappa shape index (κ2) is 21.4. The minimum absolute atomic E-state index is 0.00728.